The van der Waals surface area contributed by atoms with E-state index in [4.69, 9.17) is 33.2 Å². The Balaban J connectivity index is 7.02. The Morgan fingerprint density at radius 1 is 0.319 bits per heavy atom. The van der Waals surface area contributed by atoms with Crippen LogP contribution in [0.2, 0.25) is 0 Å². The van der Waals surface area contributed by atoms with Gasteiger partial charge in [-0.15, -0.1) is 0 Å². The van der Waals surface area contributed by atoms with Crippen LogP contribution in [0.15, 0.2) is 0 Å². The van der Waals surface area contributed by atoms with Gasteiger partial charge in [0.25, 0.3) is 0 Å². The molecule has 0 saturated heterocycles. The molecule has 0 aliphatic carbocycles. The van der Waals surface area contributed by atoms with Gasteiger partial charge in [-0.3, -0.25) is 0 Å². The van der Waals surface area contributed by atoms with Crippen LogP contribution in [0.25, 0.3) is 0 Å². The number of unbranched alkanes of at least 4 members (excludes halogenated alkanes) is 12. The van der Waals surface area contributed by atoms with E-state index >= 15 is 0 Å². The summed E-state index contributed by atoms with van der Waals surface area (Å²) in [6, 6.07) is 0. The Kier molecular flexibility index (Phi) is 32.7. The van der Waals surface area contributed by atoms with Crippen molar-refractivity contribution in [2.24, 2.45) is 0 Å². The smallest absolute Gasteiger partial charge is 0.220 e. The maximum absolute atomic E-state index is 7.17. The summed E-state index contributed by atoms with van der Waals surface area (Å²) in [7, 11) is 0. The van der Waals surface area contributed by atoms with Crippen LogP contribution in [-0.4, -0.2) is 63.8 Å². The first kappa shape index (κ1) is 46.7. The highest BCUT2D eigenvalue weighted by atomic mass is 16.8. The zero-order valence-corrected chi connectivity index (χ0v) is 32.8. The molecule has 0 bridgehead atoms. The molecule has 47 heavy (non-hydrogen) atoms. The summed E-state index contributed by atoms with van der Waals surface area (Å²) in [5, 5.41) is 0. The quantitative estimate of drug-likeness (QED) is 0.0477. The molecule has 2 unspecified atom stereocenters. The van der Waals surface area contributed by atoms with Gasteiger partial charge < -0.3 is 33.2 Å². The van der Waals surface area contributed by atoms with E-state index in [1.54, 1.807) is 0 Å². The van der Waals surface area contributed by atoms with Crippen molar-refractivity contribution in [3.63, 3.8) is 0 Å². The molecule has 0 aliphatic rings. The Labute approximate surface area is 293 Å². The lowest BCUT2D eigenvalue weighted by molar-refractivity contribution is -0.426. The van der Waals surface area contributed by atoms with Crippen LogP contribution in [-0.2, 0) is 33.2 Å². The van der Waals surface area contributed by atoms with Gasteiger partial charge in [-0.2, -0.15) is 0 Å². The monoisotopic (exact) mass is 675 g/mol. The number of hydrogen-bond donors (Lipinski definition) is 0. The molecular formula is C40H82O7. The van der Waals surface area contributed by atoms with Crippen molar-refractivity contribution in [2.45, 2.75) is 221 Å². The van der Waals surface area contributed by atoms with Crippen molar-refractivity contribution in [1.29, 1.82) is 0 Å². The standard InChI is InChI=1S/C40H82O7/c1-9-17-25-27-29-39(43-33-21-13-5,44-34-22-14-6)37(41-31-19-11-3)47-38(42-32-20-12-4)40(45-35-23-15-7,46-36-24-16-8)30-28-26-18-10-2/h37-38H,9-36H2,1-8H3. The lowest BCUT2D eigenvalue weighted by Gasteiger charge is -2.45. The van der Waals surface area contributed by atoms with Crippen molar-refractivity contribution < 1.29 is 33.2 Å². The van der Waals surface area contributed by atoms with E-state index in [-0.39, 0.29) is 0 Å². The highest BCUT2D eigenvalue weighted by Crippen LogP contribution is 2.36. The molecule has 0 N–H and O–H groups in total. The molecule has 0 fully saturated rings. The minimum Gasteiger partial charge on any atom is -0.348 e. The maximum atomic E-state index is 7.17. The minimum absolute atomic E-state index is 0.560. The van der Waals surface area contributed by atoms with Crippen molar-refractivity contribution in [2.75, 3.05) is 39.6 Å². The largest absolute Gasteiger partial charge is 0.348 e. The second-order valence-electron chi connectivity index (χ2n) is 13.3. The first-order chi connectivity index (χ1) is 23.0. The minimum atomic E-state index is -1.04. The van der Waals surface area contributed by atoms with Crippen LogP contribution < -0.4 is 0 Å². The fraction of sp³-hybridized carbons (Fsp3) is 1.00. The van der Waals surface area contributed by atoms with Crippen LogP contribution in [0.5, 0.6) is 0 Å². The van der Waals surface area contributed by atoms with E-state index in [1.165, 1.54) is 25.7 Å². The predicted molar refractivity (Wildman–Crippen MR) is 197 cm³/mol. The molecule has 7 nitrogen and oxygen atoms in total. The average molecular weight is 675 g/mol. The van der Waals surface area contributed by atoms with Gasteiger partial charge in [-0.1, -0.05) is 132 Å². The molecule has 0 heterocycles. The van der Waals surface area contributed by atoms with E-state index in [2.05, 4.69) is 55.4 Å². The summed E-state index contributed by atoms with van der Waals surface area (Å²) >= 11 is 0. The first-order valence-electron chi connectivity index (χ1n) is 20.4. The molecule has 284 valence electrons. The lowest BCUT2D eigenvalue weighted by Crippen LogP contribution is -2.58. The molecule has 0 aromatic carbocycles. The van der Waals surface area contributed by atoms with Gasteiger partial charge in [-0.05, 0) is 51.4 Å². The van der Waals surface area contributed by atoms with Crippen LogP contribution in [0.3, 0.4) is 0 Å². The van der Waals surface area contributed by atoms with Gasteiger partial charge in [0.1, 0.15) is 0 Å². The van der Waals surface area contributed by atoms with Crippen molar-refractivity contribution >= 4 is 0 Å². The Hall–Kier alpha value is -0.280. The van der Waals surface area contributed by atoms with Gasteiger partial charge in [0.2, 0.25) is 24.2 Å². The molecule has 0 radical (unpaired) electrons. The maximum Gasteiger partial charge on any atom is 0.220 e. The SMILES string of the molecule is CCCCCCC(OCCCC)(OCCCC)C(OCCCC)OC(OCCCC)C(CCCCCC)(OCCCC)OCCCC. The van der Waals surface area contributed by atoms with Gasteiger partial charge in [0.05, 0.1) is 26.4 Å². The number of rotatable bonds is 38. The average Bonchev–Trinajstić information content (AvgIpc) is 3.07. The predicted octanol–water partition coefficient (Wildman–Crippen LogP) is 11.9. The third-order valence-corrected chi connectivity index (χ3v) is 8.63. The van der Waals surface area contributed by atoms with E-state index in [1.807, 2.05) is 0 Å². The Bertz CT molecular complexity index is 560. The van der Waals surface area contributed by atoms with Gasteiger partial charge >= 0.3 is 0 Å². The number of ether oxygens (including phenoxy) is 7. The fourth-order valence-corrected chi connectivity index (χ4v) is 5.35. The molecule has 0 aromatic rings. The van der Waals surface area contributed by atoms with E-state index in [0.717, 1.165) is 103 Å². The molecule has 7 heteroatoms. The van der Waals surface area contributed by atoms with Crippen molar-refractivity contribution in [1.82, 2.24) is 0 Å². The summed E-state index contributed by atoms with van der Waals surface area (Å²) < 4.78 is 47.9. The third kappa shape index (κ3) is 21.5. The van der Waals surface area contributed by atoms with Gasteiger partial charge in [0, 0.05) is 26.1 Å². The van der Waals surface area contributed by atoms with Crippen LogP contribution in [0, 0.1) is 0 Å². The summed E-state index contributed by atoms with van der Waals surface area (Å²) in [6.45, 7) is 21.2. The lowest BCUT2D eigenvalue weighted by atomic mass is 10.0. The molecule has 0 amide bonds. The Morgan fingerprint density at radius 3 is 0.872 bits per heavy atom. The molecule has 0 aliphatic heterocycles. The summed E-state index contributed by atoms with van der Waals surface area (Å²) in [5.41, 5.74) is 0. The summed E-state index contributed by atoms with van der Waals surface area (Å²) in [6.07, 6.45) is 20.7. The van der Waals surface area contributed by atoms with Crippen molar-refractivity contribution in [3.05, 3.63) is 0 Å². The second kappa shape index (κ2) is 32.9. The van der Waals surface area contributed by atoms with Crippen LogP contribution in [0.1, 0.15) is 197 Å². The molecule has 0 aromatic heterocycles. The van der Waals surface area contributed by atoms with Gasteiger partial charge in [0.15, 0.2) is 0 Å². The molecule has 2 atom stereocenters. The Morgan fingerprint density at radius 2 is 0.596 bits per heavy atom. The fourth-order valence-electron chi connectivity index (χ4n) is 5.35. The topological polar surface area (TPSA) is 64.6 Å². The molecule has 0 saturated carbocycles. The summed E-state index contributed by atoms with van der Waals surface area (Å²) in [5.74, 6) is -2.09. The van der Waals surface area contributed by atoms with Gasteiger partial charge in [-0.25, -0.2) is 0 Å². The zero-order valence-electron chi connectivity index (χ0n) is 32.8. The number of hydrogen-bond acceptors (Lipinski definition) is 7. The van der Waals surface area contributed by atoms with E-state index in [9.17, 15) is 0 Å². The van der Waals surface area contributed by atoms with Crippen LogP contribution >= 0.6 is 0 Å². The highest BCUT2D eigenvalue weighted by molar-refractivity contribution is 4.82. The van der Waals surface area contributed by atoms with E-state index < -0.39 is 24.2 Å². The molecule has 0 rings (SSSR count). The van der Waals surface area contributed by atoms with Crippen LogP contribution in [0.4, 0.5) is 0 Å². The van der Waals surface area contributed by atoms with E-state index in [0.29, 0.717) is 52.5 Å². The second-order valence-corrected chi connectivity index (χ2v) is 13.3. The van der Waals surface area contributed by atoms with Crippen molar-refractivity contribution in [3.8, 4) is 0 Å². The first-order valence-corrected chi connectivity index (χ1v) is 20.4. The highest BCUT2D eigenvalue weighted by Gasteiger charge is 2.50. The molecular weight excluding hydrogens is 592 g/mol. The zero-order chi connectivity index (χ0) is 34.9. The normalized spacial score (nSPS) is 13.8. The summed E-state index contributed by atoms with van der Waals surface area (Å²) in [4.78, 5) is 0. The molecule has 0 spiro atoms. The third-order valence-electron chi connectivity index (χ3n) is 8.63.